The van der Waals surface area contributed by atoms with Gasteiger partial charge in [0.2, 0.25) is 0 Å². The van der Waals surface area contributed by atoms with E-state index in [-0.39, 0.29) is 0 Å². The Hall–Kier alpha value is -0.440. The monoisotopic (exact) mass is 245 g/mol. The van der Waals surface area contributed by atoms with Gasteiger partial charge in [-0.3, -0.25) is 0 Å². The molecule has 1 saturated carbocycles. The van der Waals surface area contributed by atoms with Crippen LogP contribution in [0.25, 0.3) is 0 Å². The molecule has 0 spiro atoms. The second-order valence-electron chi connectivity index (χ2n) is 3.79. The van der Waals surface area contributed by atoms with E-state index in [2.05, 4.69) is 5.32 Å². The van der Waals surface area contributed by atoms with Gasteiger partial charge in [0.05, 0.1) is 16.8 Å². The molecular formula is C11H13Cl2NO. The second kappa shape index (κ2) is 4.60. The van der Waals surface area contributed by atoms with Gasteiger partial charge in [-0.1, -0.05) is 23.2 Å². The molecule has 0 unspecified atom stereocenters. The molecule has 0 heterocycles. The van der Waals surface area contributed by atoms with Gasteiger partial charge in [0.25, 0.3) is 0 Å². The maximum Gasteiger partial charge on any atom is 0.0652 e. The lowest BCUT2D eigenvalue weighted by molar-refractivity contribution is 0.0329. The van der Waals surface area contributed by atoms with E-state index >= 15 is 0 Å². The lowest BCUT2D eigenvalue weighted by atomic mass is 9.89. The first-order chi connectivity index (χ1) is 7.19. The van der Waals surface area contributed by atoms with Crippen molar-refractivity contribution in [1.29, 1.82) is 0 Å². The molecule has 1 aliphatic rings. The number of methoxy groups -OCH3 is 1. The van der Waals surface area contributed by atoms with Gasteiger partial charge in [-0.2, -0.15) is 0 Å². The molecule has 0 bridgehead atoms. The number of hydrogen-bond acceptors (Lipinski definition) is 2. The van der Waals surface area contributed by atoms with Crippen LogP contribution in [0.3, 0.4) is 0 Å². The number of halogens is 2. The average molecular weight is 246 g/mol. The van der Waals surface area contributed by atoms with Gasteiger partial charge in [0.15, 0.2) is 0 Å². The van der Waals surface area contributed by atoms with Crippen LogP contribution in [-0.2, 0) is 4.74 Å². The number of rotatable bonds is 3. The minimum atomic E-state index is 0.397. The van der Waals surface area contributed by atoms with E-state index in [0.29, 0.717) is 22.2 Å². The van der Waals surface area contributed by atoms with E-state index < -0.39 is 0 Å². The van der Waals surface area contributed by atoms with Gasteiger partial charge in [-0.05, 0) is 31.0 Å². The Bertz CT molecular complexity index is 350. The third-order valence-electron chi connectivity index (χ3n) is 2.72. The summed E-state index contributed by atoms with van der Waals surface area (Å²) >= 11 is 11.9. The molecule has 0 aliphatic heterocycles. The zero-order valence-electron chi connectivity index (χ0n) is 8.47. The first-order valence-corrected chi connectivity index (χ1v) is 5.69. The summed E-state index contributed by atoms with van der Waals surface area (Å²) in [5.74, 6) is 0. The summed E-state index contributed by atoms with van der Waals surface area (Å²) in [7, 11) is 1.75. The topological polar surface area (TPSA) is 21.3 Å². The van der Waals surface area contributed by atoms with Crippen LogP contribution in [0, 0.1) is 0 Å². The summed E-state index contributed by atoms with van der Waals surface area (Å²) < 4.78 is 5.21. The Morgan fingerprint density at radius 1 is 1.33 bits per heavy atom. The Labute approximate surface area is 99.5 Å². The Kier molecular flexibility index (Phi) is 3.39. The van der Waals surface area contributed by atoms with Crippen molar-refractivity contribution in [2.75, 3.05) is 12.4 Å². The Balaban J connectivity index is 1.94. The van der Waals surface area contributed by atoms with Crippen LogP contribution in [0.5, 0.6) is 0 Å². The molecular weight excluding hydrogens is 233 g/mol. The summed E-state index contributed by atoms with van der Waals surface area (Å²) in [5, 5.41) is 4.70. The van der Waals surface area contributed by atoms with E-state index in [9.17, 15) is 0 Å². The van der Waals surface area contributed by atoms with Crippen LogP contribution in [0.4, 0.5) is 5.69 Å². The van der Waals surface area contributed by atoms with Crippen LogP contribution >= 0.6 is 23.2 Å². The van der Waals surface area contributed by atoms with E-state index in [1.807, 2.05) is 12.1 Å². The molecule has 2 rings (SSSR count). The Morgan fingerprint density at radius 2 is 2.07 bits per heavy atom. The van der Waals surface area contributed by atoms with Gasteiger partial charge in [0.1, 0.15) is 0 Å². The SMILES string of the molecule is COC1CC(Nc2ccc(Cl)cc2Cl)C1. The van der Waals surface area contributed by atoms with Gasteiger partial charge < -0.3 is 10.1 Å². The van der Waals surface area contributed by atoms with Crippen molar-refractivity contribution in [1.82, 2.24) is 0 Å². The molecule has 0 saturated heterocycles. The summed E-state index contributed by atoms with van der Waals surface area (Å²) in [6.07, 6.45) is 2.47. The third-order valence-corrected chi connectivity index (χ3v) is 3.27. The normalized spacial score (nSPS) is 24.7. The van der Waals surface area contributed by atoms with Gasteiger partial charge in [-0.25, -0.2) is 0 Å². The highest BCUT2D eigenvalue weighted by molar-refractivity contribution is 6.36. The highest BCUT2D eigenvalue weighted by atomic mass is 35.5. The predicted octanol–water partition coefficient (Wildman–Crippen LogP) is 3.58. The molecule has 1 aromatic rings. The highest BCUT2D eigenvalue weighted by Gasteiger charge is 2.29. The number of nitrogens with one attached hydrogen (secondary N) is 1. The summed E-state index contributed by atoms with van der Waals surface area (Å²) in [6, 6.07) is 5.96. The Morgan fingerprint density at radius 3 is 2.67 bits per heavy atom. The largest absolute Gasteiger partial charge is 0.381 e. The molecule has 0 amide bonds. The summed E-state index contributed by atoms with van der Waals surface area (Å²) in [6.45, 7) is 0. The highest BCUT2D eigenvalue weighted by Crippen LogP contribution is 2.31. The van der Waals surface area contributed by atoms with Gasteiger partial charge >= 0.3 is 0 Å². The third kappa shape index (κ3) is 2.57. The van der Waals surface area contributed by atoms with Crippen LogP contribution in [0.15, 0.2) is 18.2 Å². The smallest absolute Gasteiger partial charge is 0.0652 e. The zero-order chi connectivity index (χ0) is 10.8. The minimum absolute atomic E-state index is 0.397. The first kappa shape index (κ1) is 11.1. The molecule has 15 heavy (non-hydrogen) atoms. The lowest BCUT2D eigenvalue weighted by Crippen LogP contribution is -2.40. The molecule has 1 fully saturated rings. The molecule has 82 valence electrons. The number of hydrogen-bond donors (Lipinski definition) is 1. The zero-order valence-corrected chi connectivity index (χ0v) is 9.98. The van der Waals surface area contributed by atoms with E-state index in [1.165, 1.54) is 0 Å². The first-order valence-electron chi connectivity index (χ1n) is 4.93. The van der Waals surface area contributed by atoms with Crippen molar-refractivity contribution in [2.45, 2.75) is 25.0 Å². The standard InChI is InChI=1S/C11H13Cl2NO/c1-15-9-5-8(6-9)14-11-3-2-7(12)4-10(11)13/h2-4,8-9,14H,5-6H2,1H3. The van der Waals surface area contributed by atoms with Gasteiger partial charge in [-0.15, -0.1) is 0 Å². The fourth-order valence-corrected chi connectivity index (χ4v) is 2.17. The van der Waals surface area contributed by atoms with E-state index in [4.69, 9.17) is 27.9 Å². The number of benzene rings is 1. The van der Waals surface area contributed by atoms with E-state index in [0.717, 1.165) is 18.5 Å². The van der Waals surface area contributed by atoms with Crippen molar-refractivity contribution in [3.63, 3.8) is 0 Å². The molecule has 1 aliphatic carbocycles. The molecule has 1 N–H and O–H groups in total. The van der Waals surface area contributed by atoms with Crippen LogP contribution in [0.1, 0.15) is 12.8 Å². The molecule has 2 nitrogen and oxygen atoms in total. The van der Waals surface area contributed by atoms with Crippen molar-refractivity contribution in [3.8, 4) is 0 Å². The minimum Gasteiger partial charge on any atom is -0.381 e. The summed E-state index contributed by atoms with van der Waals surface area (Å²) in [5.41, 5.74) is 0.945. The van der Waals surface area contributed by atoms with Gasteiger partial charge in [0, 0.05) is 18.2 Å². The van der Waals surface area contributed by atoms with Crippen molar-refractivity contribution in [2.24, 2.45) is 0 Å². The maximum absolute atomic E-state index is 6.05. The predicted molar refractivity (Wildman–Crippen MR) is 63.9 cm³/mol. The lowest BCUT2D eigenvalue weighted by Gasteiger charge is -2.35. The quantitative estimate of drug-likeness (QED) is 0.880. The molecule has 4 heteroatoms. The number of anilines is 1. The fraction of sp³-hybridized carbons (Fsp3) is 0.455. The fourth-order valence-electron chi connectivity index (χ4n) is 1.70. The van der Waals surface area contributed by atoms with Crippen LogP contribution < -0.4 is 5.32 Å². The molecule has 1 aromatic carbocycles. The van der Waals surface area contributed by atoms with E-state index in [1.54, 1.807) is 13.2 Å². The van der Waals surface area contributed by atoms with Crippen molar-refractivity contribution in [3.05, 3.63) is 28.2 Å². The van der Waals surface area contributed by atoms with Crippen LogP contribution in [-0.4, -0.2) is 19.3 Å². The van der Waals surface area contributed by atoms with Crippen LogP contribution in [0.2, 0.25) is 10.0 Å². The molecule has 0 atom stereocenters. The van der Waals surface area contributed by atoms with Crippen molar-refractivity contribution >= 4 is 28.9 Å². The maximum atomic E-state index is 6.05. The van der Waals surface area contributed by atoms with Crippen molar-refractivity contribution < 1.29 is 4.74 Å². The molecule has 0 radical (unpaired) electrons. The summed E-state index contributed by atoms with van der Waals surface area (Å²) in [4.78, 5) is 0. The molecule has 0 aromatic heterocycles. The average Bonchev–Trinajstić information content (AvgIpc) is 2.13. The second-order valence-corrected chi connectivity index (χ2v) is 4.64. The number of ether oxygens (including phenoxy) is 1.